The minimum Gasteiger partial charge on any atom is -0.619 e. The zero-order chi connectivity index (χ0) is 15.4. The van der Waals surface area contributed by atoms with Gasteiger partial charge in [-0.15, -0.1) is 0 Å². The SMILES string of the molecule is O=C(Oc1ccccc1C1CCCCC1)c1ccc[n+]([O-])c1. The van der Waals surface area contributed by atoms with Crippen LogP contribution >= 0.6 is 0 Å². The lowest BCUT2D eigenvalue weighted by Crippen LogP contribution is -2.26. The summed E-state index contributed by atoms with van der Waals surface area (Å²) in [6, 6.07) is 10.8. The number of rotatable bonds is 3. The molecule has 1 heterocycles. The van der Waals surface area contributed by atoms with Crippen molar-refractivity contribution in [3.63, 3.8) is 0 Å². The highest BCUT2D eigenvalue weighted by atomic mass is 16.5. The van der Waals surface area contributed by atoms with Crippen LogP contribution in [0.4, 0.5) is 0 Å². The number of carbonyl (C=O) groups excluding carboxylic acids is 1. The van der Waals surface area contributed by atoms with Crippen LogP contribution in [0.2, 0.25) is 0 Å². The van der Waals surface area contributed by atoms with E-state index in [0.29, 0.717) is 16.4 Å². The number of hydrogen-bond acceptors (Lipinski definition) is 3. The summed E-state index contributed by atoms with van der Waals surface area (Å²) in [5.74, 6) is 0.576. The van der Waals surface area contributed by atoms with Crippen molar-refractivity contribution in [1.82, 2.24) is 0 Å². The Morgan fingerprint density at radius 2 is 1.86 bits per heavy atom. The molecule has 1 aliphatic carbocycles. The molecule has 0 spiro atoms. The van der Waals surface area contributed by atoms with Gasteiger partial charge in [-0.05, 0) is 36.5 Å². The van der Waals surface area contributed by atoms with Crippen LogP contribution < -0.4 is 9.47 Å². The van der Waals surface area contributed by atoms with Gasteiger partial charge < -0.3 is 9.94 Å². The second-order valence-electron chi connectivity index (χ2n) is 5.71. The molecule has 4 nitrogen and oxygen atoms in total. The quantitative estimate of drug-likeness (QED) is 0.376. The highest BCUT2D eigenvalue weighted by Crippen LogP contribution is 2.37. The van der Waals surface area contributed by atoms with Crippen LogP contribution in [0.3, 0.4) is 0 Å². The number of carbonyl (C=O) groups is 1. The lowest BCUT2D eigenvalue weighted by molar-refractivity contribution is -0.605. The average molecular weight is 297 g/mol. The Morgan fingerprint density at radius 3 is 2.64 bits per heavy atom. The lowest BCUT2D eigenvalue weighted by Gasteiger charge is -2.23. The van der Waals surface area contributed by atoms with Gasteiger partial charge in [-0.25, -0.2) is 4.79 Å². The number of para-hydroxylation sites is 1. The smallest absolute Gasteiger partial charge is 0.349 e. The van der Waals surface area contributed by atoms with Crippen LogP contribution in [0, 0.1) is 5.21 Å². The van der Waals surface area contributed by atoms with Gasteiger partial charge in [-0.3, -0.25) is 0 Å². The summed E-state index contributed by atoms with van der Waals surface area (Å²) in [5, 5.41) is 11.3. The van der Waals surface area contributed by atoms with E-state index in [1.807, 2.05) is 24.3 Å². The maximum atomic E-state index is 12.2. The van der Waals surface area contributed by atoms with Crippen molar-refractivity contribution in [2.24, 2.45) is 0 Å². The summed E-state index contributed by atoms with van der Waals surface area (Å²) < 4.78 is 6.15. The molecular formula is C18H19NO3. The Morgan fingerprint density at radius 1 is 1.09 bits per heavy atom. The molecule has 1 saturated carbocycles. The molecule has 0 N–H and O–H groups in total. The molecule has 1 aliphatic rings. The van der Waals surface area contributed by atoms with E-state index in [4.69, 9.17) is 4.74 Å². The molecule has 0 radical (unpaired) electrons. The van der Waals surface area contributed by atoms with E-state index in [1.54, 1.807) is 6.07 Å². The van der Waals surface area contributed by atoms with Crippen LogP contribution in [0.5, 0.6) is 5.75 Å². The normalized spacial score (nSPS) is 15.5. The van der Waals surface area contributed by atoms with E-state index in [1.165, 1.54) is 37.7 Å². The molecule has 0 atom stereocenters. The van der Waals surface area contributed by atoms with E-state index >= 15 is 0 Å². The summed E-state index contributed by atoms with van der Waals surface area (Å²) >= 11 is 0. The molecule has 1 aromatic carbocycles. The number of hydrogen-bond donors (Lipinski definition) is 0. The summed E-state index contributed by atoms with van der Waals surface area (Å²) in [7, 11) is 0. The van der Waals surface area contributed by atoms with Gasteiger partial charge >= 0.3 is 5.97 Å². The Balaban J connectivity index is 1.81. The third-order valence-electron chi connectivity index (χ3n) is 4.18. The number of nitrogens with zero attached hydrogens (tertiary/aromatic N) is 1. The van der Waals surface area contributed by atoms with Gasteiger partial charge in [-0.1, -0.05) is 37.5 Å². The van der Waals surface area contributed by atoms with Crippen LogP contribution in [0.25, 0.3) is 0 Å². The summed E-state index contributed by atoms with van der Waals surface area (Å²) in [6.45, 7) is 0. The van der Waals surface area contributed by atoms with Crippen LogP contribution in [-0.2, 0) is 0 Å². The summed E-state index contributed by atoms with van der Waals surface area (Å²) in [6.07, 6.45) is 8.58. The number of ether oxygens (including phenoxy) is 1. The topological polar surface area (TPSA) is 53.2 Å². The molecule has 0 saturated heterocycles. The van der Waals surface area contributed by atoms with E-state index in [0.717, 1.165) is 18.4 Å². The molecule has 0 unspecified atom stereocenters. The second-order valence-corrected chi connectivity index (χ2v) is 5.71. The van der Waals surface area contributed by atoms with Gasteiger partial charge in [0.05, 0.1) is 0 Å². The molecule has 4 heteroatoms. The lowest BCUT2D eigenvalue weighted by atomic mass is 9.84. The monoisotopic (exact) mass is 297 g/mol. The zero-order valence-corrected chi connectivity index (χ0v) is 12.4. The van der Waals surface area contributed by atoms with E-state index in [-0.39, 0.29) is 5.56 Å². The Labute approximate surface area is 129 Å². The Bertz CT molecular complexity index is 663. The Hall–Kier alpha value is -2.36. The molecular weight excluding hydrogens is 278 g/mol. The van der Waals surface area contributed by atoms with Crippen LogP contribution in [0.1, 0.15) is 53.9 Å². The third kappa shape index (κ3) is 3.27. The summed E-state index contributed by atoms with van der Waals surface area (Å²) in [4.78, 5) is 12.2. The maximum Gasteiger partial charge on any atom is 0.349 e. The predicted octanol–water partition coefficient (Wildman–Crippen LogP) is 3.59. The maximum absolute atomic E-state index is 12.2. The Kier molecular flexibility index (Phi) is 4.37. The number of benzene rings is 1. The van der Waals surface area contributed by atoms with Gasteiger partial charge in [0.25, 0.3) is 0 Å². The summed E-state index contributed by atoms with van der Waals surface area (Å²) in [5.41, 5.74) is 1.36. The van der Waals surface area contributed by atoms with E-state index < -0.39 is 5.97 Å². The van der Waals surface area contributed by atoms with Crippen molar-refractivity contribution in [3.8, 4) is 5.75 Å². The standard InChI is InChI=1S/C18H19NO3/c20-18(15-9-6-12-19(21)13-15)22-17-11-5-4-10-16(17)14-7-2-1-3-8-14/h4-6,9-14H,1-3,7-8H2. The van der Waals surface area contributed by atoms with E-state index in [9.17, 15) is 10.0 Å². The molecule has 114 valence electrons. The highest BCUT2D eigenvalue weighted by Gasteiger charge is 2.21. The molecule has 0 bridgehead atoms. The first kappa shape index (κ1) is 14.6. The highest BCUT2D eigenvalue weighted by molar-refractivity contribution is 5.90. The van der Waals surface area contributed by atoms with Gasteiger partial charge in [0.15, 0.2) is 12.4 Å². The first-order valence-corrected chi connectivity index (χ1v) is 7.74. The molecule has 22 heavy (non-hydrogen) atoms. The van der Waals surface area contributed by atoms with Crippen molar-refractivity contribution < 1.29 is 14.3 Å². The second kappa shape index (κ2) is 6.60. The molecule has 0 amide bonds. The van der Waals surface area contributed by atoms with E-state index in [2.05, 4.69) is 0 Å². The van der Waals surface area contributed by atoms with Gasteiger partial charge in [-0.2, -0.15) is 4.73 Å². The third-order valence-corrected chi connectivity index (χ3v) is 4.18. The molecule has 1 fully saturated rings. The first-order valence-electron chi connectivity index (χ1n) is 7.74. The van der Waals surface area contributed by atoms with Crippen LogP contribution in [0.15, 0.2) is 48.8 Å². The minimum atomic E-state index is -0.492. The largest absolute Gasteiger partial charge is 0.619 e. The van der Waals surface area contributed by atoms with Gasteiger partial charge in [0.2, 0.25) is 0 Å². The van der Waals surface area contributed by atoms with Crippen molar-refractivity contribution in [3.05, 3.63) is 65.1 Å². The van der Waals surface area contributed by atoms with Gasteiger partial charge in [0, 0.05) is 6.07 Å². The zero-order valence-electron chi connectivity index (χ0n) is 12.4. The van der Waals surface area contributed by atoms with Crippen molar-refractivity contribution in [2.45, 2.75) is 38.0 Å². The molecule has 2 aromatic rings. The van der Waals surface area contributed by atoms with Gasteiger partial charge in [0.1, 0.15) is 11.3 Å². The van der Waals surface area contributed by atoms with Crippen molar-refractivity contribution in [2.75, 3.05) is 0 Å². The predicted molar refractivity (Wildman–Crippen MR) is 82.6 cm³/mol. The fourth-order valence-corrected chi connectivity index (χ4v) is 3.06. The van der Waals surface area contributed by atoms with Crippen molar-refractivity contribution >= 4 is 5.97 Å². The fourth-order valence-electron chi connectivity index (χ4n) is 3.06. The molecule has 0 aliphatic heterocycles. The number of pyridine rings is 1. The number of esters is 1. The number of aromatic nitrogens is 1. The molecule has 1 aromatic heterocycles. The average Bonchev–Trinajstić information content (AvgIpc) is 2.56. The van der Waals surface area contributed by atoms with Crippen molar-refractivity contribution in [1.29, 1.82) is 0 Å². The van der Waals surface area contributed by atoms with Crippen LogP contribution in [-0.4, -0.2) is 5.97 Å². The fraction of sp³-hybridized carbons (Fsp3) is 0.333. The minimum absolute atomic E-state index is 0.260. The first-order chi connectivity index (χ1) is 10.7. The molecule has 3 rings (SSSR count).